The number of hydrogen-bond acceptors (Lipinski definition) is 8. The fourth-order valence-electron chi connectivity index (χ4n) is 3.62. The zero-order valence-electron chi connectivity index (χ0n) is 18.4. The Morgan fingerprint density at radius 2 is 1.88 bits per heavy atom. The Morgan fingerprint density at radius 1 is 1.16 bits per heavy atom. The first-order chi connectivity index (χ1) is 15.5. The van der Waals surface area contributed by atoms with Crippen LogP contribution in [0.5, 0.6) is 0 Å². The topological polar surface area (TPSA) is 85.3 Å². The first-order valence-corrected chi connectivity index (χ1v) is 14.3. The van der Waals surface area contributed by atoms with Gasteiger partial charge in [0.05, 0.1) is 33.3 Å². The maximum atomic E-state index is 12.9. The first kappa shape index (κ1) is 23.6. The van der Waals surface area contributed by atoms with Gasteiger partial charge in [-0.25, -0.2) is 23.4 Å². The summed E-state index contributed by atoms with van der Waals surface area (Å²) in [7, 11) is -3.49. The summed E-state index contributed by atoms with van der Waals surface area (Å²) in [4.78, 5) is 15.0. The van der Waals surface area contributed by atoms with Crippen molar-refractivity contribution >= 4 is 43.3 Å². The molecule has 0 spiro atoms. The van der Waals surface area contributed by atoms with Gasteiger partial charge >= 0.3 is 0 Å². The van der Waals surface area contributed by atoms with Gasteiger partial charge in [0.1, 0.15) is 5.82 Å². The molecule has 0 amide bonds. The van der Waals surface area contributed by atoms with Crippen LogP contribution in [0.2, 0.25) is 0 Å². The lowest BCUT2D eigenvalue weighted by atomic mass is 10.00. The van der Waals surface area contributed by atoms with E-state index in [9.17, 15) is 8.42 Å². The number of hydrogen-bond donors (Lipinski definition) is 0. The maximum Gasteiger partial charge on any atom is 0.243 e. The number of thiazole rings is 1. The number of aromatic nitrogens is 3. The number of benzene rings is 1. The molecule has 0 bridgehead atoms. The number of aryl methyl sites for hydroxylation is 2. The largest absolute Gasteiger partial charge is 0.379 e. The third-order valence-corrected chi connectivity index (χ3v) is 9.30. The molecule has 32 heavy (non-hydrogen) atoms. The Hall–Kier alpha value is -1.59. The van der Waals surface area contributed by atoms with Gasteiger partial charge in [0, 0.05) is 36.8 Å². The van der Waals surface area contributed by atoms with Crippen LogP contribution in [0, 0.1) is 5.92 Å². The lowest BCUT2D eigenvalue weighted by Crippen LogP contribution is -2.40. The summed E-state index contributed by atoms with van der Waals surface area (Å²) in [5.74, 6) is 1.42. The van der Waals surface area contributed by atoms with Gasteiger partial charge in [0.25, 0.3) is 0 Å². The Balaban J connectivity index is 1.35. The number of nitrogens with zero attached hydrogens (tertiary/aromatic N) is 4. The Morgan fingerprint density at radius 3 is 2.59 bits per heavy atom. The SMILES string of the molecule is CSc1cnc(CCC(C)CCc2nc3ccc(S(=O)(=O)N4CCOCC4)cc3s2)nc1. The van der Waals surface area contributed by atoms with Crippen molar-refractivity contribution in [3.8, 4) is 0 Å². The molecular formula is C22H28N4O3S3. The van der Waals surface area contributed by atoms with Gasteiger partial charge in [-0.2, -0.15) is 4.31 Å². The highest BCUT2D eigenvalue weighted by Crippen LogP contribution is 2.28. The smallest absolute Gasteiger partial charge is 0.243 e. The highest BCUT2D eigenvalue weighted by atomic mass is 32.2. The number of thioether (sulfide) groups is 1. The van der Waals surface area contributed by atoms with Crippen molar-refractivity contribution < 1.29 is 13.2 Å². The fraction of sp³-hybridized carbons (Fsp3) is 0.500. The highest BCUT2D eigenvalue weighted by molar-refractivity contribution is 7.98. The average Bonchev–Trinajstić information content (AvgIpc) is 3.24. The van der Waals surface area contributed by atoms with Crippen LogP contribution >= 0.6 is 23.1 Å². The molecule has 1 aliphatic heterocycles. The summed E-state index contributed by atoms with van der Waals surface area (Å²) in [6, 6.07) is 5.25. The van der Waals surface area contributed by atoms with Gasteiger partial charge in [0.2, 0.25) is 10.0 Å². The quantitative estimate of drug-likeness (QED) is 0.417. The van der Waals surface area contributed by atoms with Crippen molar-refractivity contribution in [2.75, 3.05) is 32.6 Å². The Labute approximate surface area is 197 Å². The second kappa shape index (κ2) is 10.6. The van der Waals surface area contributed by atoms with E-state index in [4.69, 9.17) is 9.72 Å². The van der Waals surface area contributed by atoms with Crippen LogP contribution in [0.15, 0.2) is 40.4 Å². The normalized spacial score (nSPS) is 16.4. The van der Waals surface area contributed by atoms with Crippen molar-refractivity contribution in [1.29, 1.82) is 0 Å². The molecule has 4 rings (SSSR count). The van der Waals surface area contributed by atoms with E-state index in [1.54, 1.807) is 35.2 Å². The summed E-state index contributed by atoms with van der Waals surface area (Å²) < 4.78 is 33.5. The fourth-order valence-corrected chi connectivity index (χ4v) is 6.47. The number of ether oxygens (including phenoxy) is 1. The Bertz CT molecular complexity index is 1140. The molecule has 10 heteroatoms. The van der Waals surface area contributed by atoms with Crippen molar-refractivity contribution in [1.82, 2.24) is 19.3 Å². The molecule has 172 valence electrons. The van der Waals surface area contributed by atoms with Gasteiger partial charge in [-0.05, 0) is 49.6 Å². The predicted octanol–water partition coefficient (Wildman–Crippen LogP) is 4.03. The van der Waals surface area contributed by atoms with Crippen LogP contribution in [0.4, 0.5) is 0 Å². The van der Waals surface area contributed by atoms with Gasteiger partial charge in [-0.1, -0.05) is 6.92 Å². The number of rotatable bonds is 9. The number of sulfonamides is 1. The molecule has 1 unspecified atom stereocenters. The van der Waals surface area contributed by atoms with E-state index in [1.807, 2.05) is 24.7 Å². The van der Waals surface area contributed by atoms with Crippen LogP contribution in [0.3, 0.4) is 0 Å². The molecule has 0 radical (unpaired) electrons. The van der Waals surface area contributed by atoms with E-state index < -0.39 is 10.0 Å². The lowest BCUT2D eigenvalue weighted by Gasteiger charge is -2.25. The molecule has 0 N–H and O–H groups in total. The number of fused-ring (bicyclic) bond motifs is 1. The van der Waals surface area contributed by atoms with E-state index in [1.165, 1.54) is 4.31 Å². The van der Waals surface area contributed by atoms with Crippen LogP contribution in [-0.2, 0) is 27.6 Å². The predicted molar refractivity (Wildman–Crippen MR) is 129 cm³/mol. The van der Waals surface area contributed by atoms with E-state index in [-0.39, 0.29) is 0 Å². The third-order valence-electron chi connectivity index (χ3n) is 5.64. The zero-order valence-corrected chi connectivity index (χ0v) is 20.8. The summed E-state index contributed by atoms with van der Waals surface area (Å²) >= 11 is 3.24. The second-order valence-corrected chi connectivity index (χ2v) is 11.9. The molecule has 0 aliphatic carbocycles. The van der Waals surface area contributed by atoms with Crippen LogP contribution < -0.4 is 0 Å². The van der Waals surface area contributed by atoms with Crippen LogP contribution in [0.1, 0.15) is 30.6 Å². The molecular weight excluding hydrogens is 464 g/mol. The van der Waals surface area contributed by atoms with Crippen LogP contribution in [-0.4, -0.2) is 60.2 Å². The Kier molecular flexibility index (Phi) is 7.78. The zero-order chi connectivity index (χ0) is 22.6. The minimum atomic E-state index is -3.49. The third kappa shape index (κ3) is 5.66. The molecule has 0 saturated carbocycles. The molecule has 2 aromatic heterocycles. The molecule has 1 fully saturated rings. The lowest BCUT2D eigenvalue weighted by molar-refractivity contribution is 0.0730. The molecule has 3 aromatic rings. The van der Waals surface area contributed by atoms with E-state index in [0.717, 1.165) is 51.6 Å². The van der Waals surface area contributed by atoms with Crippen molar-refractivity contribution in [3.63, 3.8) is 0 Å². The average molecular weight is 493 g/mol. The first-order valence-electron chi connectivity index (χ1n) is 10.8. The minimum Gasteiger partial charge on any atom is -0.379 e. The van der Waals surface area contributed by atoms with Gasteiger partial charge < -0.3 is 4.74 Å². The van der Waals surface area contributed by atoms with Crippen molar-refractivity contribution in [3.05, 3.63) is 41.4 Å². The van der Waals surface area contributed by atoms with E-state index in [2.05, 4.69) is 16.9 Å². The number of morpholine rings is 1. The summed E-state index contributed by atoms with van der Waals surface area (Å²) in [5.41, 5.74) is 0.862. The second-order valence-electron chi connectivity index (χ2n) is 7.98. The highest BCUT2D eigenvalue weighted by Gasteiger charge is 2.26. The molecule has 1 aromatic carbocycles. The monoisotopic (exact) mass is 492 g/mol. The summed E-state index contributed by atoms with van der Waals surface area (Å²) in [6.45, 7) is 3.94. The van der Waals surface area contributed by atoms with E-state index in [0.29, 0.717) is 37.1 Å². The molecule has 1 atom stereocenters. The van der Waals surface area contributed by atoms with Gasteiger partial charge in [0.15, 0.2) is 0 Å². The van der Waals surface area contributed by atoms with Crippen molar-refractivity contribution in [2.24, 2.45) is 5.92 Å². The van der Waals surface area contributed by atoms with Gasteiger partial charge in [-0.15, -0.1) is 23.1 Å². The van der Waals surface area contributed by atoms with Gasteiger partial charge in [-0.3, -0.25) is 0 Å². The summed E-state index contributed by atoms with van der Waals surface area (Å²) in [5, 5.41) is 1.05. The minimum absolute atomic E-state index is 0.336. The maximum absolute atomic E-state index is 12.9. The van der Waals surface area contributed by atoms with Crippen molar-refractivity contribution in [2.45, 2.75) is 42.4 Å². The summed E-state index contributed by atoms with van der Waals surface area (Å²) in [6.07, 6.45) is 9.61. The molecule has 1 aliphatic rings. The molecule has 1 saturated heterocycles. The van der Waals surface area contributed by atoms with Crippen LogP contribution in [0.25, 0.3) is 10.2 Å². The molecule has 3 heterocycles. The van der Waals surface area contributed by atoms with E-state index >= 15 is 0 Å². The standard InChI is InChI=1S/C22H28N4O3S3/c1-16(3-7-21-23-14-17(30-2)15-24-21)4-8-22-25-19-6-5-18(13-20(19)31-22)32(27,28)26-9-11-29-12-10-26/h5-6,13-16H,3-4,7-12H2,1-2H3. The molecule has 7 nitrogen and oxygen atoms in total.